The third-order valence-electron chi connectivity index (χ3n) is 6.00. The average Bonchev–Trinajstić information content (AvgIpc) is 2.98. The lowest BCUT2D eigenvalue weighted by Gasteiger charge is -2.28. The van der Waals surface area contributed by atoms with Crippen molar-refractivity contribution in [1.82, 2.24) is 9.80 Å². The molecule has 0 aliphatic carbocycles. The second kappa shape index (κ2) is 7.63. The zero-order chi connectivity index (χ0) is 17.9. The molecule has 4 rings (SSSR count). The van der Waals surface area contributed by atoms with Crippen LogP contribution in [0, 0.1) is 5.92 Å². The van der Waals surface area contributed by atoms with E-state index >= 15 is 0 Å². The van der Waals surface area contributed by atoms with Gasteiger partial charge in [0.2, 0.25) is 5.91 Å². The molecule has 2 fully saturated rings. The van der Waals surface area contributed by atoms with Gasteiger partial charge in [0.25, 0.3) is 0 Å². The fraction of sp³-hybridized carbons (Fsp3) is 0.435. The summed E-state index contributed by atoms with van der Waals surface area (Å²) in [6.07, 6.45) is 4.84. The number of amides is 1. The van der Waals surface area contributed by atoms with E-state index in [-0.39, 0.29) is 12.0 Å². The molecule has 2 unspecified atom stereocenters. The molecule has 0 saturated carbocycles. The van der Waals surface area contributed by atoms with Gasteiger partial charge < -0.3 is 9.80 Å². The number of likely N-dealkylation sites (tertiary alicyclic amines) is 2. The Hall–Kier alpha value is -2.13. The Bertz CT molecular complexity index is 735. The first-order valence-electron chi connectivity index (χ1n) is 9.87. The fourth-order valence-corrected chi connectivity index (χ4v) is 4.46. The zero-order valence-electron chi connectivity index (χ0n) is 15.6. The van der Waals surface area contributed by atoms with Gasteiger partial charge in [-0.3, -0.25) is 4.79 Å². The fourth-order valence-electron chi connectivity index (χ4n) is 4.46. The van der Waals surface area contributed by atoms with Crippen molar-refractivity contribution in [3.63, 3.8) is 0 Å². The van der Waals surface area contributed by atoms with Crippen LogP contribution in [-0.4, -0.2) is 42.4 Å². The molecule has 2 aliphatic heterocycles. The van der Waals surface area contributed by atoms with Crippen molar-refractivity contribution in [2.45, 2.75) is 31.7 Å². The van der Waals surface area contributed by atoms with Crippen molar-refractivity contribution in [3.8, 4) is 11.1 Å². The van der Waals surface area contributed by atoms with E-state index in [9.17, 15) is 4.79 Å². The van der Waals surface area contributed by atoms with Crippen LogP contribution in [0.25, 0.3) is 11.1 Å². The summed E-state index contributed by atoms with van der Waals surface area (Å²) in [6, 6.07) is 19.4. The topological polar surface area (TPSA) is 23.6 Å². The predicted molar refractivity (Wildman–Crippen MR) is 106 cm³/mol. The van der Waals surface area contributed by atoms with E-state index in [1.807, 2.05) is 18.0 Å². The van der Waals surface area contributed by atoms with E-state index in [1.165, 1.54) is 36.0 Å². The normalized spacial score (nSPS) is 24.2. The lowest BCUT2D eigenvalue weighted by atomic mass is 9.96. The van der Waals surface area contributed by atoms with Crippen molar-refractivity contribution < 1.29 is 4.79 Å². The number of hydrogen-bond acceptors (Lipinski definition) is 2. The SMILES string of the molecule is CN1C(=O)C(CN2CCCCC2)CC1c1ccc(-c2ccccc2)cc1. The van der Waals surface area contributed by atoms with Gasteiger partial charge in [0.15, 0.2) is 0 Å². The molecule has 2 heterocycles. The quantitative estimate of drug-likeness (QED) is 0.820. The van der Waals surface area contributed by atoms with Crippen LogP contribution in [0.2, 0.25) is 0 Å². The van der Waals surface area contributed by atoms with E-state index in [0.717, 1.165) is 26.1 Å². The maximum Gasteiger partial charge on any atom is 0.227 e. The number of rotatable bonds is 4. The minimum atomic E-state index is 0.150. The highest BCUT2D eigenvalue weighted by Gasteiger charge is 2.38. The van der Waals surface area contributed by atoms with Crippen LogP contribution >= 0.6 is 0 Å². The van der Waals surface area contributed by atoms with E-state index in [1.54, 1.807) is 0 Å². The van der Waals surface area contributed by atoms with Gasteiger partial charge in [-0.2, -0.15) is 0 Å². The smallest absolute Gasteiger partial charge is 0.227 e. The second-order valence-corrected chi connectivity index (χ2v) is 7.75. The monoisotopic (exact) mass is 348 g/mol. The molecule has 2 aromatic carbocycles. The van der Waals surface area contributed by atoms with E-state index < -0.39 is 0 Å². The first-order chi connectivity index (χ1) is 12.7. The number of piperidine rings is 1. The van der Waals surface area contributed by atoms with E-state index in [0.29, 0.717) is 5.91 Å². The van der Waals surface area contributed by atoms with Crippen LogP contribution in [0.15, 0.2) is 54.6 Å². The lowest BCUT2D eigenvalue weighted by Crippen LogP contribution is -2.36. The van der Waals surface area contributed by atoms with Crippen molar-refractivity contribution in [3.05, 3.63) is 60.2 Å². The van der Waals surface area contributed by atoms with Crippen LogP contribution in [0.5, 0.6) is 0 Å². The third kappa shape index (κ3) is 3.54. The van der Waals surface area contributed by atoms with E-state index in [2.05, 4.69) is 53.4 Å². The summed E-state index contributed by atoms with van der Waals surface area (Å²) in [5, 5.41) is 0. The highest BCUT2D eigenvalue weighted by atomic mass is 16.2. The maximum absolute atomic E-state index is 12.8. The van der Waals surface area contributed by atoms with Gasteiger partial charge in [0.1, 0.15) is 0 Å². The molecule has 2 atom stereocenters. The summed E-state index contributed by atoms with van der Waals surface area (Å²) in [6.45, 7) is 3.25. The van der Waals surface area contributed by atoms with Gasteiger partial charge >= 0.3 is 0 Å². The Kier molecular flexibility index (Phi) is 5.07. The molecule has 1 amide bonds. The molecule has 0 radical (unpaired) electrons. The summed E-state index contributed by atoms with van der Waals surface area (Å²) >= 11 is 0. The Morgan fingerprint density at radius 2 is 1.54 bits per heavy atom. The van der Waals surface area contributed by atoms with Crippen molar-refractivity contribution >= 4 is 5.91 Å². The maximum atomic E-state index is 12.8. The van der Waals surface area contributed by atoms with Gasteiger partial charge in [0, 0.05) is 13.6 Å². The van der Waals surface area contributed by atoms with Crippen molar-refractivity contribution in [1.29, 1.82) is 0 Å². The lowest BCUT2D eigenvalue weighted by molar-refractivity contribution is -0.131. The number of carbonyl (C=O) groups excluding carboxylic acids is 1. The molecule has 0 aromatic heterocycles. The van der Waals surface area contributed by atoms with Gasteiger partial charge in [-0.25, -0.2) is 0 Å². The standard InChI is InChI=1S/C23H28N2O/c1-24-22(16-21(23(24)26)17-25-14-6-3-7-15-25)20-12-10-19(11-13-20)18-8-4-2-5-9-18/h2,4-5,8-13,21-22H,3,6-7,14-17H2,1H3. The largest absolute Gasteiger partial charge is 0.338 e. The van der Waals surface area contributed by atoms with Crippen LogP contribution < -0.4 is 0 Å². The highest BCUT2D eigenvalue weighted by molar-refractivity contribution is 5.81. The average molecular weight is 348 g/mol. The number of benzene rings is 2. The first-order valence-corrected chi connectivity index (χ1v) is 9.87. The summed E-state index contributed by atoms with van der Waals surface area (Å²) in [5.74, 6) is 0.463. The van der Waals surface area contributed by atoms with Gasteiger partial charge in [-0.15, -0.1) is 0 Å². The van der Waals surface area contributed by atoms with Crippen molar-refractivity contribution in [2.75, 3.05) is 26.7 Å². The van der Waals surface area contributed by atoms with Crippen LogP contribution in [-0.2, 0) is 4.79 Å². The summed E-state index contributed by atoms with van der Waals surface area (Å²) in [4.78, 5) is 17.2. The Morgan fingerprint density at radius 3 is 2.23 bits per heavy atom. The van der Waals surface area contributed by atoms with Crippen LogP contribution in [0.3, 0.4) is 0 Å². The Morgan fingerprint density at radius 1 is 0.885 bits per heavy atom. The number of hydrogen-bond donors (Lipinski definition) is 0. The summed E-state index contributed by atoms with van der Waals surface area (Å²) < 4.78 is 0. The molecule has 0 N–H and O–H groups in total. The van der Waals surface area contributed by atoms with Crippen LogP contribution in [0.1, 0.15) is 37.3 Å². The van der Waals surface area contributed by atoms with Crippen molar-refractivity contribution in [2.24, 2.45) is 5.92 Å². The predicted octanol–water partition coefficient (Wildman–Crippen LogP) is 4.36. The molecule has 2 saturated heterocycles. The van der Waals surface area contributed by atoms with Gasteiger partial charge in [-0.05, 0) is 49.0 Å². The molecular weight excluding hydrogens is 320 g/mol. The number of carbonyl (C=O) groups is 1. The second-order valence-electron chi connectivity index (χ2n) is 7.75. The highest BCUT2D eigenvalue weighted by Crippen LogP contribution is 2.36. The molecule has 136 valence electrons. The Labute approximate surface area is 156 Å². The minimum Gasteiger partial charge on any atom is -0.338 e. The molecule has 26 heavy (non-hydrogen) atoms. The van der Waals surface area contributed by atoms with Gasteiger partial charge in [0.05, 0.1) is 12.0 Å². The molecule has 2 aromatic rings. The molecule has 3 nitrogen and oxygen atoms in total. The Balaban J connectivity index is 1.46. The molecular formula is C23H28N2O. The van der Waals surface area contributed by atoms with Gasteiger partial charge in [-0.1, -0.05) is 61.0 Å². The molecule has 0 bridgehead atoms. The van der Waals surface area contributed by atoms with Crippen LogP contribution in [0.4, 0.5) is 0 Å². The minimum absolute atomic E-state index is 0.150. The number of nitrogens with zero attached hydrogens (tertiary/aromatic N) is 2. The van der Waals surface area contributed by atoms with E-state index in [4.69, 9.17) is 0 Å². The third-order valence-corrected chi connectivity index (χ3v) is 6.00. The summed E-state index contributed by atoms with van der Waals surface area (Å²) in [7, 11) is 1.97. The molecule has 0 spiro atoms. The first kappa shape index (κ1) is 17.3. The molecule has 2 aliphatic rings. The summed E-state index contributed by atoms with van der Waals surface area (Å²) in [5.41, 5.74) is 3.71. The molecule has 3 heteroatoms. The zero-order valence-corrected chi connectivity index (χ0v) is 15.6.